The first kappa shape index (κ1) is 19.3. The molecule has 0 aliphatic rings. The molecule has 0 aliphatic carbocycles. The molecule has 1 N–H and O–H groups in total. The molecule has 136 valence electrons. The van der Waals surface area contributed by atoms with Crippen molar-refractivity contribution >= 4 is 0 Å². The fourth-order valence-corrected chi connectivity index (χ4v) is 2.27. The number of aliphatic hydroxyl groups is 1. The van der Waals surface area contributed by atoms with Crippen LogP contribution >= 0.6 is 0 Å². The average Bonchev–Trinajstić information content (AvgIpc) is 2.58. The number of hydrogen-bond donors (Lipinski definition) is 1. The SMILES string of the molecule is CN(CCOc1ccc(F)cc1)CC(O)COCc1ccccc1F. The van der Waals surface area contributed by atoms with E-state index < -0.39 is 6.10 Å². The van der Waals surface area contributed by atoms with E-state index in [1.165, 1.54) is 18.2 Å². The smallest absolute Gasteiger partial charge is 0.128 e. The van der Waals surface area contributed by atoms with Gasteiger partial charge in [-0.3, -0.25) is 0 Å². The summed E-state index contributed by atoms with van der Waals surface area (Å²) in [4.78, 5) is 1.90. The molecule has 0 amide bonds. The lowest BCUT2D eigenvalue weighted by Crippen LogP contribution is -2.34. The molecule has 0 fully saturated rings. The van der Waals surface area contributed by atoms with E-state index in [1.54, 1.807) is 30.3 Å². The van der Waals surface area contributed by atoms with Gasteiger partial charge in [-0.15, -0.1) is 0 Å². The van der Waals surface area contributed by atoms with E-state index in [0.29, 0.717) is 31.0 Å². The summed E-state index contributed by atoms with van der Waals surface area (Å²) in [6.45, 7) is 1.68. The van der Waals surface area contributed by atoms with Gasteiger partial charge < -0.3 is 19.5 Å². The third kappa shape index (κ3) is 7.17. The molecule has 0 aliphatic heterocycles. The maximum atomic E-state index is 13.4. The van der Waals surface area contributed by atoms with Gasteiger partial charge in [0.05, 0.1) is 19.3 Å². The molecule has 0 bridgehead atoms. The minimum Gasteiger partial charge on any atom is -0.492 e. The molecular weight excluding hydrogens is 328 g/mol. The second kappa shape index (κ2) is 10.1. The summed E-state index contributed by atoms with van der Waals surface area (Å²) < 4.78 is 37.1. The third-order valence-corrected chi connectivity index (χ3v) is 3.60. The van der Waals surface area contributed by atoms with E-state index >= 15 is 0 Å². The Kier molecular flexibility index (Phi) is 7.78. The van der Waals surface area contributed by atoms with Crippen molar-refractivity contribution in [2.45, 2.75) is 12.7 Å². The first-order valence-electron chi connectivity index (χ1n) is 8.10. The summed E-state index contributed by atoms with van der Waals surface area (Å²) in [5.41, 5.74) is 0.468. The van der Waals surface area contributed by atoms with Gasteiger partial charge in [0, 0.05) is 18.7 Å². The maximum absolute atomic E-state index is 13.4. The van der Waals surface area contributed by atoms with Crippen LogP contribution in [-0.4, -0.2) is 49.5 Å². The van der Waals surface area contributed by atoms with E-state index in [1.807, 2.05) is 11.9 Å². The normalized spacial score (nSPS) is 12.4. The zero-order chi connectivity index (χ0) is 18.1. The van der Waals surface area contributed by atoms with Gasteiger partial charge in [-0.2, -0.15) is 0 Å². The van der Waals surface area contributed by atoms with Crippen molar-refractivity contribution < 1.29 is 23.4 Å². The lowest BCUT2D eigenvalue weighted by Gasteiger charge is -2.20. The van der Waals surface area contributed by atoms with Gasteiger partial charge in [0.15, 0.2) is 0 Å². The Morgan fingerprint density at radius 1 is 1.08 bits per heavy atom. The number of likely N-dealkylation sites (N-methyl/N-ethyl adjacent to an activating group) is 1. The Balaban J connectivity index is 1.60. The highest BCUT2D eigenvalue weighted by Gasteiger charge is 2.09. The fraction of sp³-hybridized carbons (Fsp3) is 0.368. The van der Waals surface area contributed by atoms with Gasteiger partial charge in [-0.05, 0) is 37.4 Å². The minimum atomic E-state index is -0.678. The number of rotatable bonds is 10. The summed E-state index contributed by atoms with van der Waals surface area (Å²) in [5.74, 6) is -0.0152. The van der Waals surface area contributed by atoms with Crippen LogP contribution in [0.1, 0.15) is 5.56 Å². The summed E-state index contributed by atoms with van der Waals surface area (Å²) >= 11 is 0. The Bertz CT molecular complexity index is 637. The first-order valence-corrected chi connectivity index (χ1v) is 8.10. The lowest BCUT2D eigenvalue weighted by molar-refractivity contribution is 0.0116. The Labute approximate surface area is 146 Å². The van der Waals surface area contributed by atoms with Crippen LogP contribution in [0.25, 0.3) is 0 Å². The van der Waals surface area contributed by atoms with E-state index in [0.717, 1.165) is 0 Å². The second-order valence-electron chi connectivity index (χ2n) is 5.82. The lowest BCUT2D eigenvalue weighted by atomic mass is 10.2. The Morgan fingerprint density at radius 2 is 1.80 bits per heavy atom. The highest BCUT2D eigenvalue weighted by Crippen LogP contribution is 2.11. The molecule has 0 heterocycles. The zero-order valence-corrected chi connectivity index (χ0v) is 14.2. The van der Waals surface area contributed by atoms with E-state index in [4.69, 9.17) is 9.47 Å². The van der Waals surface area contributed by atoms with Gasteiger partial charge in [0.1, 0.15) is 24.0 Å². The highest BCUT2D eigenvalue weighted by atomic mass is 19.1. The maximum Gasteiger partial charge on any atom is 0.128 e. The van der Waals surface area contributed by atoms with Crippen molar-refractivity contribution in [3.8, 4) is 5.75 Å². The molecule has 6 heteroatoms. The predicted molar refractivity (Wildman–Crippen MR) is 91.5 cm³/mol. The van der Waals surface area contributed by atoms with Gasteiger partial charge >= 0.3 is 0 Å². The van der Waals surface area contributed by atoms with E-state index in [9.17, 15) is 13.9 Å². The molecule has 0 saturated carbocycles. The molecule has 25 heavy (non-hydrogen) atoms. The summed E-state index contributed by atoms with van der Waals surface area (Å²) in [6.07, 6.45) is -0.678. The predicted octanol–water partition coefficient (Wildman–Crippen LogP) is 2.85. The van der Waals surface area contributed by atoms with Crippen LogP contribution in [0.4, 0.5) is 8.78 Å². The third-order valence-electron chi connectivity index (χ3n) is 3.60. The second-order valence-corrected chi connectivity index (χ2v) is 5.82. The van der Waals surface area contributed by atoms with Crippen molar-refractivity contribution in [1.29, 1.82) is 0 Å². The Hall–Kier alpha value is -2.02. The van der Waals surface area contributed by atoms with E-state index in [-0.39, 0.29) is 24.8 Å². The number of ether oxygens (including phenoxy) is 2. The van der Waals surface area contributed by atoms with Crippen molar-refractivity contribution in [1.82, 2.24) is 4.90 Å². The van der Waals surface area contributed by atoms with Crippen molar-refractivity contribution in [2.75, 3.05) is 33.4 Å². The van der Waals surface area contributed by atoms with Crippen LogP contribution in [0.15, 0.2) is 48.5 Å². The van der Waals surface area contributed by atoms with E-state index in [2.05, 4.69) is 0 Å². The molecule has 1 atom stereocenters. The van der Waals surface area contributed by atoms with Crippen molar-refractivity contribution in [3.05, 3.63) is 65.7 Å². The van der Waals surface area contributed by atoms with Crippen LogP contribution < -0.4 is 4.74 Å². The number of aliphatic hydroxyl groups excluding tert-OH is 1. The van der Waals surface area contributed by atoms with Crippen LogP contribution in [-0.2, 0) is 11.3 Å². The van der Waals surface area contributed by atoms with Crippen LogP contribution in [0.2, 0.25) is 0 Å². The topological polar surface area (TPSA) is 41.9 Å². The summed E-state index contributed by atoms with van der Waals surface area (Å²) in [6, 6.07) is 12.2. The summed E-state index contributed by atoms with van der Waals surface area (Å²) in [7, 11) is 1.86. The molecule has 2 rings (SSSR count). The molecule has 0 aromatic heterocycles. The fourth-order valence-electron chi connectivity index (χ4n) is 2.27. The molecular formula is C19H23F2NO3. The molecule has 0 saturated heterocycles. The number of benzene rings is 2. The zero-order valence-electron chi connectivity index (χ0n) is 14.2. The first-order chi connectivity index (χ1) is 12.0. The standard InChI is InChI=1S/C19H23F2NO3/c1-22(10-11-25-18-8-6-16(20)7-9-18)12-17(23)14-24-13-15-4-2-3-5-19(15)21/h2-9,17,23H,10-14H2,1H3. The number of hydrogen-bond acceptors (Lipinski definition) is 4. The van der Waals surface area contributed by atoms with Gasteiger partial charge in [-0.1, -0.05) is 18.2 Å². The minimum absolute atomic E-state index is 0.123. The molecule has 0 radical (unpaired) electrons. The monoisotopic (exact) mass is 351 g/mol. The van der Waals surface area contributed by atoms with Crippen LogP contribution in [0, 0.1) is 11.6 Å². The van der Waals surface area contributed by atoms with Crippen LogP contribution in [0.3, 0.4) is 0 Å². The van der Waals surface area contributed by atoms with Gasteiger partial charge in [-0.25, -0.2) is 8.78 Å². The average molecular weight is 351 g/mol. The molecule has 2 aromatic rings. The number of halogens is 2. The van der Waals surface area contributed by atoms with Crippen LogP contribution in [0.5, 0.6) is 5.75 Å². The Morgan fingerprint density at radius 3 is 2.52 bits per heavy atom. The molecule has 0 spiro atoms. The summed E-state index contributed by atoms with van der Waals surface area (Å²) in [5, 5.41) is 9.97. The quantitative estimate of drug-likeness (QED) is 0.715. The molecule has 1 unspecified atom stereocenters. The largest absolute Gasteiger partial charge is 0.492 e. The molecule has 4 nitrogen and oxygen atoms in total. The van der Waals surface area contributed by atoms with Crippen molar-refractivity contribution in [2.24, 2.45) is 0 Å². The van der Waals surface area contributed by atoms with Gasteiger partial charge in [0.25, 0.3) is 0 Å². The van der Waals surface area contributed by atoms with Gasteiger partial charge in [0.2, 0.25) is 0 Å². The van der Waals surface area contributed by atoms with Crippen molar-refractivity contribution in [3.63, 3.8) is 0 Å². The number of nitrogens with zero attached hydrogens (tertiary/aromatic N) is 1. The molecule has 2 aromatic carbocycles. The highest BCUT2D eigenvalue weighted by molar-refractivity contribution is 5.22.